The number of oxazole rings is 1. The van der Waals surface area contributed by atoms with Gasteiger partial charge in [-0.1, -0.05) is 0 Å². The third-order valence-corrected chi connectivity index (χ3v) is 3.22. The third kappa shape index (κ3) is 1.51. The highest BCUT2D eigenvalue weighted by Gasteiger charge is 2.33. The summed E-state index contributed by atoms with van der Waals surface area (Å²) < 4.78 is 5.28. The molecule has 2 heterocycles. The Morgan fingerprint density at radius 3 is 2.94 bits per heavy atom. The predicted octanol–water partition coefficient (Wildman–Crippen LogP) is 2.37. The molecule has 82 valence electrons. The van der Waals surface area contributed by atoms with Crippen molar-refractivity contribution >= 4 is 17.3 Å². The van der Waals surface area contributed by atoms with Gasteiger partial charge < -0.3 is 9.52 Å². The van der Waals surface area contributed by atoms with Crippen LogP contribution < -0.4 is 0 Å². The molecule has 1 saturated carbocycles. The normalized spacial score (nSPS) is 15.2. The number of aromatic carboxylic acids is 1. The number of thiazole rings is 1. The monoisotopic (exact) mass is 236 g/mol. The van der Waals surface area contributed by atoms with Gasteiger partial charge in [0.05, 0.1) is 17.4 Å². The van der Waals surface area contributed by atoms with E-state index < -0.39 is 5.97 Å². The molecule has 0 aliphatic heterocycles. The summed E-state index contributed by atoms with van der Waals surface area (Å²) in [5.41, 5.74) is 2.24. The lowest BCUT2D eigenvalue weighted by molar-refractivity contribution is 0.0661. The van der Waals surface area contributed by atoms with Gasteiger partial charge in [0.15, 0.2) is 0 Å². The van der Waals surface area contributed by atoms with Gasteiger partial charge in [0.2, 0.25) is 11.7 Å². The van der Waals surface area contributed by atoms with Crippen LogP contribution in [0.5, 0.6) is 0 Å². The summed E-state index contributed by atoms with van der Waals surface area (Å²) in [4.78, 5) is 19.9. The van der Waals surface area contributed by atoms with E-state index in [-0.39, 0.29) is 11.7 Å². The zero-order chi connectivity index (χ0) is 11.1. The first kappa shape index (κ1) is 9.53. The summed E-state index contributed by atoms with van der Waals surface area (Å²) >= 11 is 1.38. The number of carboxylic acid groups (broad SMARTS) is 1. The number of nitrogens with zero attached hydrogens (tertiary/aromatic N) is 2. The van der Waals surface area contributed by atoms with Crippen LogP contribution in [0.2, 0.25) is 0 Å². The van der Waals surface area contributed by atoms with E-state index in [1.165, 1.54) is 11.3 Å². The Morgan fingerprint density at radius 2 is 2.38 bits per heavy atom. The molecule has 0 bridgehead atoms. The maximum atomic E-state index is 11.0. The van der Waals surface area contributed by atoms with E-state index in [9.17, 15) is 4.79 Å². The van der Waals surface area contributed by atoms with Gasteiger partial charge in [0.1, 0.15) is 4.88 Å². The van der Waals surface area contributed by atoms with Crippen LogP contribution in [-0.4, -0.2) is 21.0 Å². The summed E-state index contributed by atoms with van der Waals surface area (Å²) in [6.07, 6.45) is 3.61. The fraction of sp³-hybridized carbons (Fsp3) is 0.300. The van der Waals surface area contributed by atoms with Crippen LogP contribution in [0.3, 0.4) is 0 Å². The second kappa shape index (κ2) is 3.41. The molecule has 1 fully saturated rings. The van der Waals surface area contributed by atoms with Crippen molar-refractivity contribution in [1.82, 2.24) is 9.97 Å². The molecule has 6 heteroatoms. The van der Waals surface area contributed by atoms with Crippen LogP contribution in [0.4, 0.5) is 0 Å². The number of carboxylic acids is 1. The maximum absolute atomic E-state index is 11.0. The van der Waals surface area contributed by atoms with Crippen molar-refractivity contribution in [3.8, 4) is 10.8 Å². The molecule has 2 aromatic heterocycles. The first-order valence-electron chi connectivity index (χ1n) is 4.88. The second-order valence-electron chi connectivity index (χ2n) is 3.68. The lowest BCUT2D eigenvalue weighted by Crippen LogP contribution is -1.98. The van der Waals surface area contributed by atoms with Gasteiger partial charge in [0.25, 0.3) is 0 Å². The summed E-state index contributed by atoms with van der Waals surface area (Å²) in [7, 11) is 0. The molecule has 0 radical (unpaired) electrons. The van der Waals surface area contributed by atoms with Crippen LogP contribution in [-0.2, 0) is 0 Å². The summed E-state index contributed by atoms with van der Waals surface area (Å²) in [5.74, 6) is -0.450. The topological polar surface area (TPSA) is 76.2 Å². The molecule has 0 aromatic carbocycles. The van der Waals surface area contributed by atoms with E-state index >= 15 is 0 Å². The molecular weight excluding hydrogens is 228 g/mol. The fourth-order valence-corrected chi connectivity index (χ4v) is 2.09. The largest absolute Gasteiger partial charge is 0.475 e. The van der Waals surface area contributed by atoms with E-state index in [4.69, 9.17) is 9.52 Å². The first-order chi connectivity index (χ1) is 7.75. The Hall–Kier alpha value is -1.69. The molecule has 0 amide bonds. The molecule has 0 saturated heterocycles. The Kier molecular flexibility index (Phi) is 2.03. The summed E-state index contributed by atoms with van der Waals surface area (Å²) in [6, 6.07) is 0. The number of aromatic nitrogens is 2. The summed E-state index contributed by atoms with van der Waals surface area (Å²) in [5, 5.41) is 9.01. The third-order valence-electron chi connectivity index (χ3n) is 2.45. The molecule has 0 atom stereocenters. The van der Waals surface area contributed by atoms with E-state index in [0.717, 1.165) is 17.7 Å². The number of hydrogen-bond acceptors (Lipinski definition) is 5. The SMILES string of the molecule is O=C(O)c1oc(-c2cncs2)nc1C1CC1. The zero-order valence-corrected chi connectivity index (χ0v) is 9.03. The van der Waals surface area contributed by atoms with Gasteiger partial charge in [-0.3, -0.25) is 4.98 Å². The smallest absolute Gasteiger partial charge is 0.373 e. The van der Waals surface area contributed by atoms with Crippen LogP contribution >= 0.6 is 11.3 Å². The van der Waals surface area contributed by atoms with Crippen molar-refractivity contribution in [3.05, 3.63) is 23.2 Å². The minimum absolute atomic E-state index is 0.0223. The van der Waals surface area contributed by atoms with E-state index in [1.54, 1.807) is 11.7 Å². The molecule has 1 aliphatic rings. The van der Waals surface area contributed by atoms with Crippen LogP contribution in [0.25, 0.3) is 10.8 Å². The lowest BCUT2D eigenvalue weighted by atomic mass is 10.2. The standard InChI is InChI=1S/C10H8N2O3S/c13-10(14)8-7(5-1-2-5)12-9(15-8)6-3-11-4-16-6/h3-5H,1-2H2,(H,13,14). The molecule has 16 heavy (non-hydrogen) atoms. The Morgan fingerprint density at radius 1 is 1.56 bits per heavy atom. The first-order valence-corrected chi connectivity index (χ1v) is 5.76. The molecule has 1 aliphatic carbocycles. The number of rotatable bonds is 3. The average Bonchev–Trinajstić information content (AvgIpc) is 2.83. The quantitative estimate of drug-likeness (QED) is 0.885. The highest BCUT2D eigenvalue weighted by atomic mass is 32.1. The maximum Gasteiger partial charge on any atom is 0.373 e. The van der Waals surface area contributed by atoms with Gasteiger partial charge in [-0.2, -0.15) is 0 Å². The van der Waals surface area contributed by atoms with Crippen molar-refractivity contribution in [3.63, 3.8) is 0 Å². The fourth-order valence-electron chi connectivity index (χ4n) is 1.55. The molecule has 5 nitrogen and oxygen atoms in total. The molecule has 0 unspecified atom stereocenters. The number of hydrogen-bond donors (Lipinski definition) is 1. The van der Waals surface area contributed by atoms with Gasteiger partial charge in [-0.15, -0.1) is 11.3 Å². The van der Waals surface area contributed by atoms with Gasteiger partial charge in [-0.05, 0) is 12.8 Å². The zero-order valence-electron chi connectivity index (χ0n) is 8.21. The Bertz CT molecular complexity index is 528. The summed E-state index contributed by atoms with van der Waals surface area (Å²) in [6.45, 7) is 0. The molecule has 0 spiro atoms. The van der Waals surface area contributed by atoms with E-state index in [2.05, 4.69) is 9.97 Å². The van der Waals surface area contributed by atoms with Gasteiger partial charge >= 0.3 is 5.97 Å². The van der Waals surface area contributed by atoms with E-state index in [0.29, 0.717) is 11.6 Å². The minimum atomic E-state index is -1.05. The van der Waals surface area contributed by atoms with Crippen LogP contribution in [0, 0.1) is 0 Å². The minimum Gasteiger partial charge on any atom is -0.475 e. The van der Waals surface area contributed by atoms with Crippen LogP contribution in [0.15, 0.2) is 16.1 Å². The average molecular weight is 236 g/mol. The molecule has 3 rings (SSSR count). The van der Waals surface area contributed by atoms with Crippen molar-refractivity contribution in [2.75, 3.05) is 0 Å². The van der Waals surface area contributed by atoms with Crippen molar-refractivity contribution < 1.29 is 14.3 Å². The lowest BCUT2D eigenvalue weighted by Gasteiger charge is -1.89. The number of carbonyl (C=O) groups is 1. The van der Waals surface area contributed by atoms with E-state index in [1.807, 2.05) is 0 Å². The Labute approximate surface area is 94.8 Å². The molecular formula is C10H8N2O3S. The molecule has 2 aromatic rings. The van der Waals surface area contributed by atoms with Crippen molar-refractivity contribution in [1.29, 1.82) is 0 Å². The second-order valence-corrected chi connectivity index (χ2v) is 4.56. The molecule has 1 N–H and O–H groups in total. The van der Waals surface area contributed by atoms with Gasteiger partial charge in [-0.25, -0.2) is 9.78 Å². The Balaban J connectivity index is 2.08. The van der Waals surface area contributed by atoms with Crippen molar-refractivity contribution in [2.24, 2.45) is 0 Å². The van der Waals surface area contributed by atoms with Crippen molar-refractivity contribution in [2.45, 2.75) is 18.8 Å². The van der Waals surface area contributed by atoms with Crippen LogP contribution in [0.1, 0.15) is 35.0 Å². The highest BCUT2D eigenvalue weighted by Crippen LogP contribution is 2.42. The predicted molar refractivity (Wildman–Crippen MR) is 56.5 cm³/mol. The highest BCUT2D eigenvalue weighted by molar-refractivity contribution is 7.13. The van der Waals surface area contributed by atoms with Gasteiger partial charge in [0, 0.05) is 5.92 Å².